The predicted molar refractivity (Wildman–Crippen MR) is 68.7 cm³/mol. The van der Waals surface area contributed by atoms with Crippen molar-refractivity contribution in [2.45, 2.75) is 58.1 Å². The highest BCUT2D eigenvalue weighted by molar-refractivity contribution is 5.78. The molecule has 0 spiro atoms. The maximum Gasteiger partial charge on any atom is 0.233 e. The largest absolute Gasteiger partial charge is 0.392 e. The molecule has 1 aliphatic carbocycles. The van der Waals surface area contributed by atoms with Crippen LogP contribution in [0.3, 0.4) is 0 Å². The van der Waals surface area contributed by atoms with E-state index < -0.39 is 0 Å². The predicted octanol–water partition coefficient (Wildman–Crippen LogP) is 1.04. The number of rotatable bonds is 5. The van der Waals surface area contributed by atoms with Gasteiger partial charge in [0.05, 0.1) is 12.6 Å². The quantitative estimate of drug-likeness (QED) is 0.631. The lowest BCUT2D eigenvalue weighted by molar-refractivity contribution is -0.120. The first-order valence-corrected chi connectivity index (χ1v) is 6.77. The first-order valence-electron chi connectivity index (χ1n) is 6.77. The van der Waals surface area contributed by atoms with Crippen LogP contribution in [0.15, 0.2) is 0 Å². The van der Waals surface area contributed by atoms with Gasteiger partial charge in [-0.3, -0.25) is 4.79 Å². The van der Waals surface area contributed by atoms with E-state index in [1.165, 1.54) is 6.42 Å². The molecule has 0 saturated heterocycles. The first kappa shape index (κ1) is 14.5. The molecule has 4 heteroatoms. The topological polar surface area (TPSA) is 61.4 Å². The highest BCUT2D eigenvalue weighted by Gasteiger charge is 2.21. The molecule has 17 heavy (non-hydrogen) atoms. The van der Waals surface area contributed by atoms with Crippen molar-refractivity contribution in [2.24, 2.45) is 5.92 Å². The van der Waals surface area contributed by atoms with Gasteiger partial charge in [0.25, 0.3) is 0 Å². The van der Waals surface area contributed by atoms with E-state index in [1.54, 1.807) is 0 Å². The third-order valence-electron chi connectivity index (χ3n) is 3.21. The Morgan fingerprint density at radius 1 is 1.29 bits per heavy atom. The number of aliphatic hydroxyl groups is 1. The number of hydrogen-bond donors (Lipinski definition) is 3. The van der Waals surface area contributed by atoms with E-state index in [0.717, 1.165) is 25.7 Å². The zero-order chi connectivity index (χ0) is 12.7. The Balaban J connectivity index is 2.21. The van der Waals surface area contributed by atoms with E-state index in [1.807, 2.05) is 0 Å². The van der Waals surface area contributed by atoms with Gasteiger partial charge in [0.15, 0.2) is 0 Å². The summed E-state index contributed by atoms with van der Waals surface area (Å²) in [6.45, 7) is 5.17. The maximum atomic E-state index is 11.5. The number of hydrogen-bond acceptors (Lipinski definition) is 3. The van der Waals surface area contributed by atoms with Gasteiger partial charge in [-0.1, -0.05) is 33.1 Å². The van der Waals surface area contributed by atoms with Crippen LogP contribution >= 0.6 is 0 Å². The van der Waals surface area contributed by atoms with Crippen LogP contribution in [-0.2, 0) is 4.79 Å². The number of aliphatic hydroxyl groups excluding tert-OH is 1. The minimum Gasteiger partial charge on any atom is -0.392 e. The number of nitrogens with one attached hydrogen (secondary N) is 2. The van der Waals surface area contributed by atoms with Gasteiger partial charge in [-0.2, -0.15) is 0 Å². The van der Waals surface area contributed by atoms with Gasteiger partial charge in [-0.05, 0) is 18.8 Å². The molecule has 1 fully saturated rings. The van der Waals surface area contributed by atoms with Gasteiger partial charge in [0, 0.05) is 12.6 Å². The molecule has 0 aliphatic heterocycles. The molecule has 2 atom stereocenters. The van der Waals surface area contributed by atoms with Gasteiger partial charge in [0.1, 0.15) is 0 Å². The third-order valence-corrected chi connectivity index (χ3v) is 3.21. The molecule has 0 heterocycles. The summed E-state index contributed by atoms with van der Waals surface area (Å²) in [6.07, 6.45) is 4.95. The molecule has 1 amide bonds. The van der Waals surface area contributed by atoms with Crippen molar-refractivity contribution in [2.75, 3.05) is 13.1 Å². The summed E-state index contributed by atoms with van der Waals surface area (Å²) in [5.41, 5.74) is 0. The summed E-state index contributed by atoms with van der Waals surface area (Å²) in [5, 5.41) is 15.9. The van der Waals surface area contributed by atoms with E-state index in [4.69, 9.17) is 0 Å². The highest BCUT2D eigenvalue weighted by atomic mass is 16.3. The van der Waals surface area contributed by atoms with Crippen LogP contribution in [-0.4, -0.2) is 36.2 Å². The van der Waals surface area contributed by atoms with E-state index in [2.05, 4.69) is 24.5 Å². The second-order valence-corrected chi connectivity index (χ2v) is 5.39. The Labute approximate surface area is 104 Å². The van der Waals surface area contributed by atoms with Crippen molar-refractivity contribution in [3.63, 3.8) is 0 Å². The normalized spacial score (nSPS) is 25.6. The molecule has 100 valence electrons. The molecule has 1 aliphatic rings. The van der Waals surface area contributed by atoms with Crippen LogP contribution in [0.4, 0.5) is 0 Å². The van der Waals surface area contributed by atoms with Crippen LogP contribution < -0.4 is 10.6 Å². The van der Waals surface area contributed by atoms with Crippen molar-refractivity contribution >= 4 is 5.91 Å². The summed E-state index contributed by atoms with van der Waals surface area (Å²) in [7, 11) is 0. The Morgan fingerprint density at radius 3 is 2.71 bits per heavy atom. The molecule has 0 aromatic carbocycles. The average molecular weight is 242 g/mol. The molecule has 1 rings (SSSR count). The molecule has 1 saturated carbocycles. The summed E-state index contributed by atoms with van der Waals surface area (Å²) >= 11 is 0. The van der Waals surface area contributed by atoms with E-state index >= 15 is 0 Å². The van der Waals surface area contributed by atoms with Crippen molar-refractivity contribution in [3.8, 4) is 0 Å². The molecule has 2 unspecified atom stereocenters. The second-order valence-electron chi connectivity index (χ2n) is 5.39. The Morgan fingerprint density at radius 2 is 2.00 bits per heavy atom. The molecular weight excluding hydrogens is 216 g/mol. The number of carbonyl (C=O) groups excluding carboxylic acids is 1. The zero-order valence-electron chi connectivity index (χ0n) is 11.0. The lowest BCUT2D eigenvalue weighted by Crippen LogP contribution is -2.45. The van der Waals surface area contributed by atoms with Crippen LogP contribution in [0.2, 0.25) is 0 Å². The number of carbonyl (C=O) groups is 1. The van der Waals surface area contributed by atoms with Gasteiger partial charge < -0.3 is 15.7 Å². The first-order chi connectivity index (χ1) is 8.09. The van der Waals surface area contributed by atoms with Gasteiger partial charge in [-0.15, -0.1) is 0 Å². The lowest BCUT2D eigenvalue weighted by Gasteiger charge is -2.21. The van der Waals surface area contributed by atoms with Crippen molar-refractivity contribution in [3.05, 3.63) is 0 Å². The maximum absolute atomic E-state index is 11.5. The van der Waals surface area contributed by atoms with E-state index in [-0.39, 0.29) is 18.1 Å². The Hall–Kier alpha value is -0.610. The standard InChI is InChI=1S/C13H26N2O2/c1-10(2)8-15-13(17)9-14-11-6-4-3-5-7-12(11)16/h10-12,14,16H,3-9H2,1-2H3,(H,15,17). The fourth-order valence-electron chi connectivity index (χ4n) is 2.13. The molecule has 4 nitrogen and oxygen atoms in total. The number of amides is 1. The zero-order valence-corrected chi connectivity index (χ0v) is 11.0. The summed E-state index contributed by atoms with van der Waals surface area (Å²) in [4.78, 5) is 11.5. The van der Waals surface area contributed by atoms with E-state index in [0.29, 0.717) is 19.0 Å². The monoisotopic (exact) mass is 242 g/mol. The Bertz CT molecular complexity index is 231. The summed E-state index contributed by atoms with van der Waals surface area (Å²) in [6, 6.07) is 0.0855. The molecule has 0 bridgehead atoms. The van der Waals surface area contributed by atoms with Crippen LogP contribution in [0.1, 0.15) is 46.0 Å². The Kier molecular flexibility index (Phi) is 6.52. The van der Waals surface area contributed by atoms with Crippen molar-refractivity contribution < 1.29 is 9.90 Å². The highest BCUT2D eigenvalue weighted by Crippen LogP contribution is 2.17. The van der Waals surface area contributed by atoms with Crippen LogP contribution in [0.25, 0.3) is 0 Å². The molecule has 0 aromatic rings. The third kappa shape index (κ3) is 6.03. The SMILES string of the molecule is CC(C)CNC(=O)CNC1CCCCCC1O. The van der Waals surface area contributed by atoms with Crippen LogP contribution in [0.5, 0.6) is 0 Å². The smallest absolute Gasteiger partial charge is 0.233 e. The molecule has 3 N–H and O–H groups in total. The minimum absolute atomic E-state index is 0.0233. The molecular formula is C13H26N2O2. The van der Waals surface area contributed by atoms with Gasteiger partial charge in [-0.25, -0.2) is 0 Å². The molecule has 0 radical (unpaired) electrons. The summed E-state index contributed by atoms with van der Waals surface area (Å²) < 4.78 is 0. The van der Waals surface area contributed by atoms with Gasteiger partial charge in [0.2, 0.25) is 5.91 Å². The van der Waals surface area contributed by atoms with E-state index in [9.17, 15) is 9.90 Å². The van der Waals surface area contributed by atoms with Gasteiger partial charge >= 0.3 is 0 Å². The summed E-state index contributed by atoms with van der Waals surface area (Å²) in [5.74, 6) is 0.498. The fourth-order valence-corrected chi connectivity index (χ4v) is 2.13. The fraction of sp³-hybridized carbons (Fsp3) is 0.923. The average Bonchev–Trinajstić information content (AvgIpc) is 2.48. The van der Waals surface area contributed by atoms with Crippen molar-refractivity contribution in [1.82, 2.24) is 10.6 Å². The van der Waals surface area contributed by atoms with Crippen molar-refractivity contribution in [1.29, 1.82) is 0 Å². The second kappa shape index (κ2) is 7.67. The molecule has 0 aromatic heterocycles. The minimum atomic E-state index is -0.296. The lowest BCUT2D eigenvalue weighted by atomic mass is 10.1. The van der Waals surface area contributed by atoms with Crippen LogP contribution in [0, 0.1) is 5.92 Å².